The number of hydrogen-bond acceptors (Lipinski definition) is 2. The monoisotopic (exact) mass is 242 g/mol. The summed E-state index contributed by atoms with van der Waals surface area (Å²) in [6.45, 7) is 0.597. The highest BCUT2D eigenvalue weighted by Crippen LogP contribution is 2.16. The Morgan fingerprint density at radius 3 is 2.71 bits per heavy atom. The van der Waals surface area contributed by atoms with Gasteiger partial charge in [0.15, 0.2) is 11.6 Å². The van der Waals surface area contributed by atoms with Crippen molar-refractivity contribution in [3.8, 4) is 0 Å². The number of benzene rings is 1. The molecule has 5 heteroatoms. The average molecular weight is 242 g/mol. The Labute approximate surface area is 99.0 Å². The Morgan fingerprint density at radius 1 is 1.24 bits per heavy atom. The van der Waals surface area contributed by atoms with E-state index >= 15 is 0 Å². The summed E-state index contributed by atoms with van der Waals surface area (Å²) >= 11 is 0. The first kappa shape index (κ1) is 13.6. The summed E-state index contributed by atoms with van der Waals surface area (Å²) in [5.74, 6) is -2.31. The molecule has 0 bridgehead atoms. The van der Waals surface area contributed by atoms with Crippen molar-refractivity contribution in [2.45, 2.75) is 25.7 Å². The summed E-state index contributed by atoms with van der Waals surface area (Å²) < 4.78 is 26.0. The van der Waals surface area contributed by atoms with Crippen molar-refractivity contribution >= 4 is 11.6 Å². The second-order valence-corrected chi connectivity index (χ2v) is 3.75. The van der Waals surface area contributed by atoms with Crippen molar-refractivity contribution in [2.24, 2.45) is 5.73 Å². The van der Waals surface area contributed by atoms with Crippen LogP contribution in [0.1, 0.15) is 25.7 Å². The van der Waals surface area contributed by atoms with Gasteiger partial charge in [0.1, 0.15) is 0 Å². The van der Waals surface area contributed by atoms with Crippen LogP contribution in [0, 0.1) is 11.6 Å². The minimum atomic E-state index is -1.03. The summed E-state index contributed by atoms with van der Waals surface area (Å²) in [5.41, 5.74) is 5.20. The number of unbranched alkanes of at least 4 members (excludes halogenated alkanes) is 2. The molecule has 17 heavy (non-hydrogen) atoms. The molecule has 0 radical (unpaired) electrons. The van der Waals surface area contributed by atoms with Crippen LogP contribution in [-0.2, 0) is 4.79 Å². The Balaban J connectivity index is 2.43. The molecule has 1 amide bonds. The van der Waals surface area contributed by atoms with E-state index < -0.39 is 11.6 Å². The van der Waals surface area contributed by atoms with Crippen LogP contribution in [0.15, 0.2) is 18.2 Å². The summed E-state index contributed by atoms with van der Waals surface area (Å²) in [6, 6.07) is 3.69. The maximum atomic E-state index is 13.2. The fraction of sp³-hybridized carbons (Fsp3) is 0.417. The predicted molar refractivity (Wildman–Crippen MR) is 62.5 cm³/mol. The first-order chi connectivity index (χ1) is 8.15. The van der Waals surface area contributed by atoms with E-state index in [1.807, 2.05) is 0 Å². The van der Waals surface area contributed by atoms with Gasteiger partial charge in [0.25, 0.3) is 0 Å². The van der Waals surface area contributed by atoms with Crippen molar-refractivity contribution in [2.75, 3.05) is 11.9 Å². The molecule has 0 aliphatic rings. The molecule has 0 aliphatic carbocycles. The third kappa shape index (κ3) is 4.48. The molecule has 0 unspecified atom stereocenters. The smallest absolute Gasteiger partial charge is 0.224 e. The molecule has 3 N–H and O–H groups in total. The van der Waals surface area contributed by atoms with E-state index in [4.69, 9.17) is 5.73 Å². The molecule has 0 aromatic heterocycles. The van der Waals surface area contributed by atoms with Gasteiger partial charge in [0.05, 0.1) is 5.69 Å². The largest absolute Gasteiger partial charge is 0.330 e. The number of nitrogens with one attached hydrogen (secondary N) is 1. The highest BCUT2D eigenvalue weighted by atomic mass is 19.2. The highest BCUT2D eigenvalue weighted by Gasteiger charge is 2.10. The van der Waals surface area contributed by atoms with Crippen LogP contribution in [0.2, 0.25) is 0 Å². The zero-order valence-corrected chi connectivity index (χ0v) is 9.51. The van der Waals surface area contributed by atoms with Crippen molar-refractivity contribution in [1.29, 1.82) is 0 Å². The van der Waals surface area contributed by atoms with Crippen LogP contribution in [0.5, 0.6) is 0 Å². The molecule has 94 valence electrons. The number of hydrogen-bond donors (Lipinski definition) is 2. The third-order valence-corrected chi connectivity index (χ3v) is 2.33. The number of amides is 1. The summed E-state index contributed by atoms with van der Waals surface area (Å²) in [4.78, 5) is 11.4. The van der Waals surface area contributed by atoms with Gasteiger partial charge in [-0.05, 0) is 31.5 Å². The predicted octanol–water partition coefficient (Wildman–Crippen LogP) is 2.42. The minimum Gasteiger partial charge on any atom is -0.330 e. The third-order valence-electron chi connectivity index (χ3n) is 2.33. The zero-order valence-electron chi connectivity index (χ0n) is 9.51. The molecule has 0 heterocycles. The van der Waals surface area contributed by atoms with Gasteiger partial charge in [0, 0.05) is 6.42 Å². The summed E-state index contributed by atoms with van der Waals surface area (Å²) in [6.07, 6.45) is 2.70. The van der Waals surface area contributed by atoms with Crippen LogP contribution < -0.4 is 11.1 Å². The molecular weight excluding hydrogens is 226 g/mol. The minimum absolute atomic E-state index is 0.117. The van der Waals surface area contributed by atoms with Gasteiger partial charge in [-0.2, -0.15) is 0 Å². The normalized spacial score (nSPS) is 10.3. The number of halogens is 2. The Bertz CT molecular complexity index is 383. The Kier molecular flexibility index (Phi) is 5.56. The topological polar surface area (TPSA) is 55.1 Å². The molecule has 0 saturated carbocycles. The maximum Gasteiger partial charge on any atom is 0.224 e. The number of carbonyl (C=O) groups is 1. The molecule has 1 rings (SSSR count). The second-order valence-electron chi connectivity index (χ2n) is 3.75. The summed E-state index contributed by atoms with van der Waals surface area (Å²) in [7, 11) is 0. The van der Waals surface area contributed by atoms with Gasteiger partial charge in [-0.3, -0.25) is 4.79 Å². The SMILES string of the molecule is NCCCCCC(=O)Nc1cccc(F)c1F. The lowest BCUT2D eigenvalue weighted by Crippen LogP contribution is -2.13. The van der Waals surface area contributed by atoms with E-state index in [0.717, 1.165) is 18.9 Å². The Morgan fingerprint density at radius 2 is 2.00 bits per heavy atom. The molecule has 0 atom stereocenters. The Hall–Kier alpha value is -1.49. The van der Waals surface area contributed by atoms with Crippen LogP contribution in [-0.4, -0.2) is 12.5 Å². The lowest BCUT2D eigenvalue weighted by molar-refractivity contribution is -0.116. The van der Waals surface area contributed by atoms with Gasteiger partial charge in [-0.25, -0.2) is 8.78 Å². The van der Waals surface area contributed by atoms with E-state index in [9.17, 15) is 13.6 Å². The van der Waals surface area contributed by atoms with Crippen molar-refractivity contribution < 1.29 is 13.6 Å². The maximum absolute atomic E-state index is 13.2. The highest BCUT2D eigenvalue weighted by molar-refractivity contribution is 5.90. The second kappa shape index (κ2) is 6.96. The van der Waals surface area contributed by atoms with E-state index in [2.05, 4.69) is 5.32 Å². The molecule has 0 aliphatic heterocycles. The van der Waals surface area contributed by atoms with E-state index in [0.29, 0.717) is 13.0 Å². The van der Waals surface area contributed by atoms with Crippen LogP contribution in [0.4, 0.5) is 14.5 Å². The van der Waals surface area contributed by atoms with Crippen molar-refractivity contribution in [3.63, 3.8) is 0 Å². The molecule has 1 aromatic carbocycles. The van der Waals surface area contributed by atoms with E-state index in [-0.39, 0.29) is 18.0 Å². The molecular formula is C12H16F2N2O. The molecule has 0 fully saturated rings. The van der Waals surface area contributed by atoms with E-state index in [1.54, 1.807) is 0 Å². The quantitative estimate of drug-likeness (QED) is 0.753. The number of anilines is 1. The summed E-state index contributed by atoms with van der Waals surface area (Å²) in [5, 5.41) is 2.34. The van der Waals surface area contributed by atoms with Crippen molar-refractivity contribution in [3.05, 3.63) is 29.8 Å². The molecule has 1 aromatic rings. The average Bonchev–Trinajstić information content (AvgIpc) is 2.31. The molecule has 3 nitrogen and oxygen atoms in total. The van der Waals surface area contributed by atoms with Crippen LogP contribution in [0.25, 0.3) is 0 Å². The first-order valence-electron chi connectivity index (χ1n) is 5.59. The van der Waals surface area contributed by atoms with Gasteiger partial charge < -0.3 is 11.1 Å². The van der Waals surface area contributed by atoms with E-state index in [1.165, 1.54) is 12.1 Å². The van der Waals surface area contributed by atoms with Gasteiger partial charge in [-0.15, -0.1) is 0 Å². The standard InChI is InChI=1S/C12H16F2N2O/c13-9-5-4-6-10(12(9)14)16-11(17)7-2-1-3-8-15/h4-6H,1-3,7-8,15H2,(H,16,17). The lowest BCUT2D eigenvalue weighted by atomic mass is 10.2. The van der Waals surface area contributed by atoms with Gasteiger partial charge >= 0.3 is 0 Å². The fourth-order valence-electron chi connectivity index (χ4n) is 1.42. The number of rotatable bonds is 6. The van der Waals surface area contributed by atoms with Crippen LogP contribution in [0.3, 0.4) is 0 Å². The van der Waals surface area contributed by atoms with Gasteiger partial charge in [0.2, 0.25) is 5.91 Å². The van der Waals surface area contributed by atoms with Gasteiger partial charge in [-0.1, -0.05) is 12.5 Å². The number of carbonyl (C=O) groups excluding carboxylic acids is 1. The lowest BCUT2D eigenvalue weighted by Gasteiger charge is -2.06. The molecule has 0 saturated heterocycles. The van der Waals surface area contributed by atoms with Crippen molar-refractivity contribution in [1.82, 2.24) is 0 Å². The first-order valence-corrected chi connectivity index (χ1v) is 5.59. The molecule has 0 spiro atoms. The fourth-order valence-corrected chi connectivity index (χ4v) is 1.42. The zero-order chi connectivity index (χ0) is 12.7. The van der Waals surface area contributed by atoms with Crippen LogP contribution >= 0.6 is 0 Å². The number of nitrogens with two attached hydrogens (primary N) is 1.